The summed E-state index contributed by atoms with van der Waals surface area (Å²) in [5.74, 6) is -3.58. The number of carbonyl (C=O) groups is 2. The van der Waals surface area contributed by atoms with E-state index in [1.807, 2.05) is 0 Å². The third-order valence-electron chi connectivity index (χ3n) is 5.50. The fraction of sp³-hybridized carbons (Fsp3) is 0.286. The van der Waals surface area contributed by atoms with Crippen molar-refractivity contribution < 1.29 is 31.5 Å². The van der Waals surface area contributed by atoms with E-state index in [-0.39, 0.29) is 33.8 Å². The van der Waals surface area contributed by atoms with Crippen LogP contribution < -0.4 is 10.0 Å². The van der Waals surface area contributed by atoms with E-state index >= 15 is 0 Å². The Labute approximate surface area is 190 Å². The Morgan fingerprint density at radius 2 is 1.88 bits per heavy atom. The molecule has 1 aliphatic heterocycles. The van der Waals surface area contributed by atoms with Crippen LogP contribution in [0.3, 0.4) is 0 Å². The molecule has 0 spiro atoms. The van der Waals surface area contributed by atoms with Crippen molar-refractivity contribution >= 4 is 48.8 Å². The highest BCUT2D eigenvalue weighted by Gasteiger charge is 2.53. The molecular weight excluding hydrogens is 470 g/mol. The lowest BCUT2D eigenvalue weighted by Crippen LogP contribution is -2.52. The average Bonchev–Trinajstić information content (AvgIpc) is 2.72. The van der Waals surface area contributed by atoms with Gasteiger partial charge < -0.3 is 10.4 Å². The quantitative estimate of drug-likeness (QED) is 0.532. The number of hydrogen-bond acceptors (Lipinski definition) is 8. The Bertz CT molecular complexity index is 1430. The number of hydrogen-bond donors (Lipinski definition) is 3. The number of rotatable bonds is 5. The van der Waals surface area contributed by atoms with Crippen LogP contribution in [0.15, 0.2) is 51.8 Å². The minimum absolute atomic E-state index is 0.0105. The van der Waals surface area contributed by atoms with Gasteiger partial charge in [0.1, 0.15) is 22.3 Å². The second-order valence-electron chi connectivity index (χ2n) is 7.98. The van der Waals surface area contributed by atoms with Gasteiger partial charge in [-0.15, -0.1) is 4.40 Å². The summed E-state index contributed by atoms with van der Waals surface area (Å²) in [6.45, 7) is 1.78. The number of sulfonamides is 2. The number of aliphatic hydroxyl groups is 1. The number of carbonyl (C=O) groups excluding carboxylic acids is 2. The summed E-state index contributed by atoms with van der Waals surface area (Å²) in [4.78, 5) is 26.3. The second-order valence-corrected chi connectivity index (χ2v) is 11.3. The smallest absolute Gasteiger partial charge is 0.286 e. The topological polar surface area (TPSA) is 159 Å². The van der Waals surface area contributed by atoms with Crippen molar-refractivity contribution in [2.45, 2.75) is 30.3 Å². The SMILES string of the molecule is CCCC1(O)C(=O)C(C2=NS(=O)(=O)c3cc(NS(C)(=O)=O)ccc3N2)C(=O)c2ccccc21. The van der Waals surface area contributed by atoms with Crippen molar-refractivity contribution in [2.24, 2.45) is 10.3 Å². The number of amidine groups is 1. The lowest BCUT2D eigenvalue weighted by molar-refractivity contribution is -0.141. The van der Waals surface area contributed by atoms with E-state index < -0.39 is 49.0 Å². The highest BCUT2D eigenvalue weighted by Crippen LogP contribution is 2.41. The van der Waals surface area contributed by atoms with Crippen LogP contribution >= 0.6 is 0 Å². The van der Waals surface area contributed by atoms with E-state index in [0.717, 1.165) is 12.3 Å². The van der Waals surface area contributed by atoms with Crippen molar-refractivity contribution in [3.63, 3.8) is 0 Å². The fourth-order valence-electron chi connectivity index (χ4n) is 4.15. The minimum atomic E-state index is -4.39. The molecule has 10 nitrogen and oxygen atoms in total. The van der Waals surface area contributed by atoms with Crippen molar-refractivity contribution in [1.29, 1.82) is 0 Å². The van der Waals surface area contributed by atoms with Crippen LogP contribution in [-0.2, 0) is 30.4 Å². The molecule has 0 aromatic heterocycles. The summed E-state index contributed by atoms with van der Waals surface area (Å²) >= 11 is 0. The van der Waals surface area contributed by atoms with Gasteiger partial charge in [0, 0.05) is 16.8 Å². The first-order valence-electron chi connectivity index (χ1n) is 10.0. The molecule has 0 saturated heterocycles. The Morgan fingerprint density at radius 3 is 2.55 bits per heavy atom. The van der Waals surface area contributed by atoms with Crippen LogP contribution in [-0.4, -0.2) is 45.6 Å². The van der Waals surface area contributed by atoms with E-state index in [1.165, 1.54) is 24.3 Å². The van der Waals surface area contributed by atoms with Gasteiger partial charge in [-0.2, -0.15) is 8.42 Å². The lowest BCUT2D eigenvalue weighted by atomic mass is 9.69. The van der Waals surface area contributed by atoms with Gasteiger partial charge in [-0.05, 0) is 24.6 Å². The normalized spacial score (nSPS) is 23.7. The summed E-state index contributed by atoms with van der Waals surface area (Å²) in [7, 11) is -8.04. The van der Waals surface area contributed by atoms with Gasteiger partial charge in [-0.3, -0.25) is 14.3 Å². The number of Topliss-reactive ketones (excluding diaryl/α,β-unsaturated/α-hetero) is 2. The first kappa shape index (κ1) is 23.1. The number of nitrogens with one attached hydrogen (secondary N) is 2. The summed E-state index contributed by atoms with van der Waals surface area (Å²) in [5, 5.41) is 14.0. The van der Waals surface area contributed by atoms with Crippen LogP contribution in [0.4, 0.5) is 11.4 Å². The minimum Gasteiger partial charge on any atom is -0.377 e. The molecule has 12 heteroatoms. The van der Waals surface area contributed by atoms with E-state index in [1.54, 1.807) is 19.1 Å². The summed E-state index contributed by atoms with van der Waals surface area (Å²) in [5.41, 5.74) is -1.62. The number of benzene rings is 2. The molecule has 174 valence electrons. The maximum absolute atomic E-state index is 13.4. The van der Waals surface area contributed by atoms with Crippen molar-refractivity contribution in [3.8, 4) is 0 Å². The summed E-state index contributed by atoms with van der Waals surface area (Å²) in [6.07, 6.45) is 1.41. The Balaban J connectivity index is 1.81. The molecule has 3 N–H and O–H groups in total. The zero-order valence-corrected chi connectivity index (χ0v) is 19.3. The van der Waals surface area contributed by atoms with Gasteiger partial charge in [-0.25, -0.2) is 8.42 Å². The fourth-order valence-corrected chi connectivity index (χ4v) is 5.89. The number of nitrogens with zero attached hydrogens (tertiary/aromatic N) is 1. The van der Waals surface area contributed by atoms with Crippen molar-refractivity contribution in [1.82, 2.24) is 0 Å². The van der Waals surface area contributed by atoms with Crippen LogP contribution in [0.1, 0.15) is 35.7 Å². The second kappa shape index (κ2) is 7.75. The maximum Gasteiger partial charge on any atom is 0.286 e. The molecule has 0 radical (unpaired) electrons. The number of anilines is 2. The molecule has 2 aromatic rings. The molecule has 2 aromatic carbocycles. The molecule has 33 heavy (non-hydrogen) atoms. The molecule has 0 amide bonds. The Hall–Kier alpha value is -3.09. The zero-order chi connectivity index (χ0) is 24.2. The van der Waals surface area contributed by atoms with E-state index in [9.17, 15) is 31.5 Å². The van der Waals surface area contributed by atoms with E-state index in [2.05, 4.69) is 14.4 Å². The van der Waals surface area contributed by atoms with Crippen LogP contribution in [0.25, 0.3) is 0 Å². The Kier molecular flexibility index (Phi) is 5.42. The highest BCUT2D eigenvalue weighted by atomic mass is 32.2. The van der Waals surface area contributed by atoms with E-state index in [0.29, 0.717) is 6.42 Å². The molecule has 0 saturated carbocycles. The molecule has 4 rings (SSSR count). The monoisotopic (exact) mass is 491 g/mol. The average molecular weight is 492 g/mol. The van der Waals surface area contributed by atoms with Crippen LogP contribution in [0.2, 0.25) is 0 Å². The molecular formula is C21H21N3O7S2. The molecule has 1 aliphatic carbocycles. The molecule has 2 unspecified atom stereocenters. The van der Waals surface area contributed by atoms with Gasteiger partial charge in [0.15, 0.2) is 11.6 Å². The van der Waals surface area contributed by atoms with Crippen molar-refractivity contribution in [2.75, 3.05) is 16.3 Å². The first-order valence-corrected chi connectivity index (χ1v) is 13.3. The number of ketones is 2. The predicted octanol–water partition coefficient (Wildman–Crippen LogP) is 1.64. The van der Waals surface area contributed by atoms with Gasteiger partial charge in [0.05, 0.1) is 11.9 Å². The molecule has 0 bridgehead atoms. The predicted molar refractivity (Wildman–Crippen MR) is 121 cm³/mol. The molecule has 2 atom stereocenters. The third-order valence-corrected chi connectivity index (χ3v) is 7.44. The number of fused-ring (bicyclic) bond motifs is 2. The lowest BCUT2D eigenvalue weighted by Gasteiger charge is -2.37. The maximum atomic E-state index is 13.4. The molecule has 2 aliphatic rings. The van der Waals surface area contributed by atoms with Gasteiger partial charge in [-0.1, -0.05) is 37.6 Å². The molecule has 1 heterocycles. The van der Waals surface area contributed by atoms with Gasteiger partial charge >= 0.3 is 0 Å². The van der Waals surface area contributed by atoms with Crippen LogP contribution in [0, 0.1) is 5.92 Å². The summed E-state index contributed by atoms with van der Waals surface area (Å²) in [6, 6.07) is 9.92. The van der Waals surface area contributed by atoms with Gasteiger partial charge in [0.25, 0.3) is 10.0 Å². The highest BCUT2D eigenvalue weighted by molar-refractivity contribution is 7.92. The first-order chi connectivity index (χ1) is 15.4. The largest absolute Gasteiger partial charge is 0.377 e. The summed E-state index contributed by atoms with van der Waals surface area (Å²) < 4.78 is 54.6. The van der Waals surface area contributed by atoms with Gasteiger partial charge in [0.2, 0.25) is 10.0 Å². The third kappa shape index (κ3) is 3.94. The zero-order valence-electron chi connectivity index (χ0n) is 17.7. The van der Waals surface area contributed by atoms with Crippen LogP contribution in [0.5, 0.6) is 0 Å². The van der Waals surface area contributed by atoms with Crippen molar-refractivity contribution in [3.05, 3.63) is 53.6 Å². The Morgan fingerprint density at radius 1 is 1.18 bits per heavy atom. The standard InChI is InChI=1S/C21H21N3O7S2/c1-3-10-21(27)14-7-5-4-6-13(14)18(25)17(19(21)26)20-22-15-9-8-12(23-32(2,28)29)11-16(15)33(30,31)24-20/h4-9,11,17,23,27H,3,10H2,1-2H3,(H,22,24). The molecule has 0 fully saturated rings. The van der Waals surface area contributed by atoms with E-state index in [4.69, 9.17) is 0 Å².